The number of hydrogen-bond donors (Lipinski definition) is 1. The normalized spacial score (nSPS) is 11.1. The molecule has 0 saturated heterocycles. The Hall–Kier alpha value is -1.46. The van der Waals surface area contributed by atoms with Gasteiger partial charge in [0.15, 0.2) is 10.4 Å². The van der Waals surface area contributed by atoms with E-state index in [1.165, 1.54) is 5.56 Å². The van der Waals surface area contributed by atoms with Gasteiger partial charge in [0.25, 0.3) is 0 Å². The quantitative estimate of drug-likeness (QED) is 0.667. The van der Waals surface area contributed by atoms with Crippen molar-refractivity contribution in [3.05, 3.63) is 50.8 Å². The van der Waals surface area contributed by atoms with E-state index in [-0.39, 0.29) is 0 Å². The van der Waals surface area contributed by atoms with Gasteiger partial charge in [0.2, 0.25) is 0 Å². The van der Waals surface area contributed by atoms with Crippen molar-refractivity contribution in [3.8, 4) is 5.69 Å². The molecule has 0 radical (unpaired) electrons. The summed E-state index contributed by atoms with van der Waals surface area (Å²) in [6.45, 7) is 4.08. The molecule has 5 heteroatoms. The molecule has 0 bridgehead atoms. The SMILES string of the molecule is Cc1cc(Br)cc(-n2c(=S)[nH]c3cc(C)cnc32)c1. The van der Waals surface area contributed by atoms with Crippen molar-refractivity contribution in [2.24, 2.45) is 0 Å². The molecule has 0 aliphatic heterocycles. The predicted molar refractivity (Wildman–Crippen MR) is 83.4 cm³/mol. The van der Waals surface area contributed by atoms with Crippen LogP contribution in [0.15, 0.2) is 34.9 Å². The number of H-pyrrole nitrogens is 1. The molecule has 3 nitrogen and oxygen atoms in total. The molecule has 0 atom stereocenters. The van der Waals surface area contributed by atoms with Gasteiger partial charge in [0, 0.05) is 10.7 Å². The lowest BCUT2D eigenvalue weighted by molar-refractivity contribution is 1.04. The minimum Gasteiger partial charge on any atom is -0.329 e. The molecule has 19 heavy (non-hydrogen) atoms. The maximum atomic E-state index is 5.42. The highest BCUT2D eigenvalue weighted by Crippen LogP contribution is 2.23. The third kappa shape index (κ3) is 2.24. The van der Waals surface area contributed by atoms with Crippen LogP contribution in [-0.2, 0) is 0 Å². The zero-order valence-corrected chi connectivity index (χ0v) is 13.0. The number of fused-ring (bicyclic) bond motifs is 1. The fourth-order valence-corrected chi connectivity index (χ4v) is 3.08. The van der Waals surface area contributed by atoms with Crippen LogP contribution < -0.4 is 0 Å². The first-order chi connectivity index (χ1) is 9.04. The summed E-state index contributed by atoms with van der Waals surface area (Å²) in [7, 11) is 0. The van der Waals surface area contributed by atoms with Gasteiger partial charge in [-0.05, 0) is 61.5 Å². The number of aromatic amines is 1. The predicted octanol–water partition coefficient (Wildman–Crippen LogP) is 4.46. The van der Waals surface area contributed by atoms with Crippen LogP contribution in [0.2, 0.25) is 0 Å². The van der Waals surface area contributed by atoms with Crippen LogP contribution in [0.5, 0.6) is 0 Å². The van der Waals surface area contributed by atoms with E-state index in [1.54, 1.807) is 0 Å². The molecule has 1 aromatic carbocycles. The Balaban J connectivity index is 2.36. The molecular weight excluding hydrogens is 322 g/mol. The zero-order chi connectivity index (χ0) is 13.6. The van der Waals surface area contributed by atoms with Crippen LogP contribution in [0.25, 0.3) is 16.9 Å². The number of pyridine rings is 1. The molecule has 0 spiro atoms. The van der Waals surface area contributed by atoms with Crippen LogP contribution in [-0.4, -0.2) is 14.5 Å². The highest BCUT2D eigenvalue weighted by atomic mass is 79.9. The van der Waals surface area contributed by atoms with Gasteiger partial charge in [-0.3, -0.25) is 4.57 Å². The number of imidazole rings is 1. The van der Waals surface area contributed by atoms with E-state index < -0.39 is 0 Å². The highest BCUT2D eigenvalue weighted by molar-refractivity contribution is 9.10. The van der Waals surface area contributed by atoms with Crippen molar-refractivity contribution in [1.82, 2.24) is 14.5 Å². The number of benzene rings is 1. The van der Waals surface area contributed by atoms with Crippen LogP contribution in [0, 0.1) is 18.6 Å². The molecule has 0 amide bonds. The average Bonchev–Trinajstić information content (AvgIpc) is 2.62. The standard InChI is InChI=1S/C14H12BrN3S/c1-8-3-10(15)6-11(4-8)18-13-12(17-14(18)19)5-9(2)7-16-13/h3-7H,1-2H3,(H,17,19). The molecule has 0 unspecified atom stereocenters. The molecule has 0 fully saturated rings. The largest absolute Gasteiger partial charge is 0.329 e. The molecule has 0 saturated carbocycles. The Morgan fingerprint density at radius 1 is 1.16 bits per heavy atom. The minimum absolute atomic E-state index is 0.658. The second-order valence-corrected chi connectivity index (χ2v) is 5.94. The van der Waals surface area contributed by atoms with E-state index in [0.717, 1.165) is 26.9 Å². The summed E-state index contributed by atoms with van der Waals surface area (Å²) in [5, 5.41) is 0. The summed E-state index contributed by atoms with van der Waals surface area (Å²) >= 11 is 8.94. The monoisotopic (exact) mass is 333 g/mol. The summed E-state index contributed by atoms with van der Waals surface area (Å²) in [5.74, 6) is 0. The van der Waals surface area contributed by atoms with Crippen molar-refractivity contribution in [3.63, 3.8) is 0 Å². The summed E-state index contributed by atoms with van der Waals surface area (Å²) in [5.41, 5.74) is 5.12. The minimum atomic E-state index is 0.658. The second kappa shape index (κ2) is 4.58. The van der Waals surface area contributed by atoms with Gasteiger partial charge in [-0.2, -0.15) is 0 Å². The number of nitrogens with zero attached hydrogens (tertiary/aromatic N) is 2. The number of aromatic nitrogens is 3. The Morgan fingerprint density at radius 2 is 1.95 bits per heavy atom. The molecule has 3 aromatic rings. The lowest BCUT2D eigenvalue weighted by Crippen LogP contribution is -1.96. The van der Waals surface area contributed by atoms with Gasteiger partial charge < -0.3 is 4.98 Å². The van der Waals surface area contributed by atoms with Gasteiger partial charge in [-0.15, -0.1) is 0 Å². The maximum Gasteiger partial charge on any atom is 0.183 e. The van der Waals surface area contributed by atoms with Crippen LogP contribution in [0.1, 0.15) is 11.1 Å². The van der Waals surface area contributed by atoms with Crippen molar-refractivity contribution >= 4 is 39.3 Å². The third-order valence-electron chi connectivity index (χ3n) is 2.94. The number of nitrogens with one attached hydrogen (secondary N) is 1. The molecule has 0 aliphatic carbocycles. The summed E-state index contributed by atoms with van der Waals surface area (Å²) in [6, 6.07) is 8.26. The molecule has 96 valence electrons. The maximum absolute atomic E-state index is 5.42. The van der Waals surface area contributed by atoms with Gasteiger partial charge >= 0.3 is 0 Å². The Bertz CT molecular complexity index is 812. The highest BCUT2D eigenvalue weighted by Gasteiger charge is 2.08. The fraction of sp³-hybridized carbons (Fsp3) is 0.143. The van der Waals surface area contributed by atoms with Crippen molar-refractivity contribution in [2.45, 2.75) is 13.8 Å². The van der Waals surface area contributed by atoms with E-state index >= 15 is 0 Å². The van der Waals surface area contributed by atoms with Gasteiger partial charge in [-0.1, -0.05) is 15.9 Å². The van der Waals surface area contributed by atoms with Gasteiger partial charge in [-0.25, -0.2) is 4.98 Å². The Kier molecular flexibility index (Phi) is 3.03. The van der Waals surface area contributed by atoms with Crippen molar-refractivity contribution in [2.75, 3.05) is 0 Å². The summed E-state index contributed by atoms with van der Waals surface area (Å²) < 4.78 is 3.65. The Labute approximate surface area is 124 Å². The van der Waals surface area contributed by atoms with E-state index in [0.29, 0.717) is 4.77 Å². The third-order valence-corrected chi connectivity index (χ3v) is 3.69. The van der Waals surface area contributed by atoms with E-state index in [9.17, 15) is 0 Å². The molecule has 3 rings (SSSR count). The number of aryl methyl sites for hydroxylation is 2. The van der Waals surface area contributed by atoms with Gasteiger partial charge in [0.1, 0.15) is 0 Å². The lowest BCUT2D eigenvalue weighted by atomic mass is 10.2. The van der Waals surface area contributed by atoms with E-state index in [1.807, 2.05) is 23.8 Å². The van der Waals surface area contributed by atoms with E-state index in [4.69, 9.17) is 12.2 Å². The Morgan fingerprint density at radius 3 is 2.68 bits per heavy atom. The number of rotatable bonds is 1. The van der Waals surface area contributed by atoms with E-state index in [2.05, 4.69) is 51.0 Å². The van der Waals surface area contributed by atoms with Crippen LogP contribution in [0.3, 0.4) is 0 Å². The first kappa shape index (κ1) is 12.6. The van der Waals surface area contributed by atoms with Gasteiger partial charge in [0.05, 0.1) is 11.2 Å². The number of halogens is 1. The number of hydrogen-bond acceptors (Lipinski definition) is 2. The van der Waals surface area contributed by atoms with Crippen LogP contribution >= 0.6 is 28.1 Å². The van der Waals surface area contributed by atoms with Crippen molar-refractivity contribution in [1.29, 1.82) is 0 Å². The lowest BCUT2D eigenvalue weighted by Gasteiger charge is -2.06. The van der Waals surface area contributed by atoms with Crippen LogP contribution in [0.4, 0.5) is 0 Å². The second-order valence-electron chi connectivity index (χ2n) is 4.64. The first-order valence-electron chi connectivity index (χ1n) is 5.89. The molecular formula is C14H12BrN3S. The molecule has 2 aromatic heterocycles. The average molecular weight is 334 g/mol. The smallest absolute Gasteiger partial charge is 0.183 e. The summed E-state index contributed by atoms with van der Waals surface area (Å²) in [4.78, 5) is 7.69. The molecule has 0 aliphatic rings. The fourth-order valence-electron chi connectivity index (χ4n) is 2.19. The molecule has 1 N–H and O–H groups in total. The summed E-state index contributed by atoms with van der Waals surface area (Å²) in [6.07, 6.45) is 1.85. The zero-order valence-electron chi connectivity index (χ0n) is 10.6. The first-order valence-corrected chi connectivity index (χ1v) is 7.10. The molecule has 2 heterocycles. The topological polar surface area (TPSA) is 33.6 Å². The van der Waals surface area contributed by atoms with Crippen molar-refractivity contribution < 1.29 is 0 Å².